The minimum Gasteiger partial charge on any atom is -0.438 e. The van der Waals surface area contributed by atoms with Crippen LogP contribution in [0.2, 0.25) is 0 Å². The topological polar surface area (TPSA) is 97.1 Å². The number of rotatable bonds is 12. The Labute approximate surface area is 227 Å². The Kier molecular flexibility index (Phi) is 10.2. The van der Waals surface area contributed by atoms with Gasteiger partial charge in [0.25, 0.3) is 6.41 Å². The van der Waals surface area contributed by atoms with Crippen molar-refractivity contribution in [3.63, 3.8) is 0 Å². The number of nitrogens with one attached hydrogen (secondary N) is 1. The fourth-order valence-electron chi connectivity index (χ4n) is 4.59. The summed E-state index contributed by atoms with van der Waals surface area (Å²) in [6.45, 7) is 13.6. The van der Waals surface area contributed by atoms with Gasteiger partial charge in [-0.15, -0.1) is 0 Å². The molecule has 8 heteroatoms. The second kappa shape index (κ2) is 13.1. The minimum absolute atomic E-state index is 0.0299. The molecule has 1 aliphatic heterocycles. The zero-order chi connectivity index (χ0) is 28.0. The number of hydrogen-bond donors (Lipinski definition) is 2. The number of carbonyl (C=O) groups is 2. The summed E-state index contributed by atoms with van der Waals surface area (Å²) in [6.07, 6.45) is 0.393. The van der Waals surface area contributed by atoms with Gasteiger partial charge in [-0.2, -0.15) is 0 Å². The molecule has 0 aromatic heterocycles. The van der Waals surface area contributed by atoms with Gasteiger partial charge >= 0.3 is 0 Å². The Morgan fingerprint density at radius 1 is 0.868 bits per heavy atom. The molecule has 1 heterocycles. The quantitative estimate of drug-likeness (QED) is 0.438. The average Bonchev–Trinajstić information content (AvgIpc) is 3.24. The first-order valence-electron chi connectivity index (χ1n) is 13.6. The highest BCUT2D eigenvalue weighted by Crippen LogP contribution is 2.34. The third kappa shape index (κ3) is 7.95. The van der Waals surface area contributed by atoms with E-state index >= 15 is 0 Å². The van der Waals surface area contributed by atoms with Gasteiger partial charge in [0, 0.05) is 44.6 Å². The Hall–Kier alpha value is -3.10. The van der Waals surface area contributed by atoms with Crippen LogP contribution in [0.25, 0.3) is 0 Å². The van der Waals surface area contributed by atoms with Gasteiger partial charge in [0.1, 0.15) is 6.04 Å². The smallest absolute Gasteiger partial charge is 0.300 e. The number of hydrogen-bond acceptors (Lipinski definition) is 6. The van der Waals surface area contributed by atoms with E-state index < -0.39 is 12.5 Å². The molecule has 2 atom stereocenters. The fourth-order valence-corrected chi connectivity index (χ4v) is 4.59. The lowest BCUT2D eigenvalue weighted by atomic mass is 10.0. The lowest BCUT2D eigenvalue weighted by Gasteiger charge is -2.30. The molecule has 0 radical (unpaired) electrons. The molecular weight excluding hydrogens is 480 g/mol. The molecule has 0 saturated carbocycles. The number of aryl methyl sites for hydroxylation is 1. The summed E-state index contributed by atoms with van der Waals surface area (Å²) in [5.41, 5.74) is 8.83. The maximum atomic E-state index is 13.3. The van der Waals surface area contributed by atoms with E-state index in [1.807, 2.05) is 26.0 Å². The van der Waals surface area contributed by atoms with E-state index in [2.05, 4.69) is 62.2 Å². The molecule has 0 aliphatic carbocycles. The van der Waals surface area contributed by atoms with Crippen molar-refractivity contribution in [2.24, 2.45) is 5.73 Å². The van der Waals surface area contributed by atoms with Gasteiger partial charge in [0.2, 0.25) is 11.8 Å². The van der Waals surface area contributed by atoms with Crippen molar-refractivity contribution in [1.82, 2.24) is 15.1 Å². The molecule has 2 amide bonds. The van der Waals surface area contributed by atoms with E-state index in [9.17, 15) is 9.59 Å². The second-order valence-corrected chi connectivity index (χ2v) is 10.9. The van der Waals surface area contributed by atoms with E-state index in [0.717, 1.165) is 17.7 Å². The predicted molar refractivity (Wildman–Crippen MR) is 150 cm³/mol. The van der Waals surface area contributed by atoms with E-state index in [0.29, 0.717) is 36.4 Å². The molecule has 1 aliphatic rings. The normalized spacial score (nSPS) is 15.4. The number of ether oxygens (including phenoxy) is 2. The maximum absolute atomic E-state index is 13.3. The van der Waals surface area contributed by atoms with Crippen LogP contribution in [0.1, 0.15) is 64.7 Å². The first-order valence-corrected chi connectivity index (χ1v) is 13.6. The number of benzene rings is 2. The molecule has 0 bridgehead atoms. The van der Waals surface area contributed by atoms with E-state index in [-0.39, 0.29) is 24.3 Å². The summed E-state index contributed by atoms with van der Waals surface area (Å²) < 4.78 is 10.8. The van der Waals surface area contributed by atoms with Crippen molar-refractivity contribution < 1.29 is 19.1 Å². The van der Waals surface area contributed by atoms with Crippen molar-refractivity contribution >= 4 is 11.8 Å². The van der Waals surface area contributed by atoms with E-state index in [1.165, 1.54) is 5.56 Å². The number of carbonyl (C=O) groups excluding carboxylic acids is 2. The molecule has 2 aromatic rings. The molecule has 8 nitrogen and oxygen atoms in total. The van der Waals surface area contributed by atoms with Gasteiger partial charge in [0.15, 0.2) is 11.5 Å². The largest absolute Gasteiger partial charge is 0.438 e. The lowest BCUT2D eigenvalue weighted by molar-refractivity contribution is -0.136. The summed E-state index contributed by atoms with van der Waals surface area (Å²) in [5, 5.41) is 2.99. The number of likely N-dealkylation sites (N-methyl/N-ethyl adjacent to an activating group) is 1. The summed E-state index contributed by atoms with van der Waals surface area (Å²) in [5.74, 6) is 0.909. The van der Waals surface area contributed by atoms with Crippen LogP contribution >= 0.6 is 0 Å². The molecular formula is C30H44N4O4. The third-order valence-electron chi connectivity index (χ3n) is 7.05. The van der Waals surface area contributed by atoms with Crippen LogP contribution < -0.4 is 20.5 Å². The number of fused-ring (bicyclic) bond motifs is 1. The summed E-state index contributed by atoms with van der Waals surface area (Å²) in [4.78, 5) is 30.3. The first kappa shape index (κ1) is 29.5. The molecule has 0 fully saturated rings. The van der Waals surface area contributed by atoms with Crippen LogP contribution in [0.3, 0.4) is 0 Å². The molecule has 0 unspecified atom stereocenters. The highest BCUT2D eigenvalue weighted by atomic mass is 16.7. The highest BCUT2D eigenvalue weighted by Gasteiger charge is 2.26. The van der Waals surface area contributed by atoms with Gasteiger partial charge in [-0.05, 0) is 76.8 Å². The molecule has 0 saturated heterocycles. The maximum Gasteiger partial charge on any atom is 0.300 e. The number of nitrogens with two attached hydrogens (primary N) is 1. The van der Waals surface area contributed by atoms with Gasteiger partial charge in [0.05, 0.1) is 0 Å². The van der Waals surface area contributed by atoms with Crippen molar-refractivity contribution in [3.8, 4) is 11.5 Å². The standard InChI is InChI=1S/C30H44N4O4/c1-19(2)33(7)29(36)25(16-22-8-10-24(11-9-22)18-34(20(3)4)21(5)6)32-28(35)15-13-23-12-14-26-27(17-23)38-30(31)37-26/h8-12,14,17,19-21,25,30H,13,15-16,18,31H2,1-7H3,(H,32,35)/t25-,30-/m1/s1. The van der Waals surface area contributed by atoms with Crippen LogP contribution in [0.5, 0.6) is 11.5 Å². The Balaban J connectivity index is 1.65. The Bertz CT molecular complexity index is 1080. The third-order valence-corrected chi connectivity index (χ3v) is 7.05. The van der Waals surface area contributed by atoms with Crippen molar-refractivity contribution in [2.45, 2.75) is 97.9 Å². The van der Waals surface area contributed by atoms with Crippen LogP contribution in [-0.4, -0.2) is 59.2 Å². The minimum atomic E-state index is -0.799. The second-order valence-electron chi connectivity index (χ2n) is 10.9. The number of amides is 2. The van der Waals surface area contributed by atoms with E-state index in [1.54, 1.807) is 18.0 Å². The zero-order valence-electron chi connectivity index (χ0n) is 23.9. The zero-order valence-corrected chi connectivity index (χ0v) is 23.9. The SMILES string of the molecule is CC(C)N(C)C(=O)[C@@H](Cc1ccc(CN(C(C)C)C(C)C)cc1)NC(=O)CCc1ccc2c(c1)O[C@H](N)O2. The molecule has 3 rings (SSSR count). The molecule has 38 heavy (non-hydrogen) atoms. The van der Waals surface area contributed by atoms with Crippen LogP contribution in [0.4, 0.5) is 0 Å². The predicted octanol–water partition coefficient (Wildman–Crippen LogP) is 3.85. The van der Waals surface area contributed by atoms with Crippen LogP contribution in [-0.2, 0) is 29.0 Å². The monoisotopic (exact) mass is 524 g/mol. The van der Waals surface area contributed by atoms with Gasteiger partial charge < -0.3 is 19.7 Å². The summed E-state index contributed by atoms with van der Waals surface area (Å²) in [6, 6.07) is 14.2. The van der Waals surface area contributed by atoms with Crippen LogP contribution in [0.15, 0.2) is 42.5 Å². The Morgan fingerprint density at radius 3 is 2.05 bits per heavy atom. The highest BCUT2D eigenvalue weighted by molar-refractivity contribution is 5.88. The van der Waals surface area contributed by atoms with Gasteiger partial charge in [-0.25, -0.2) is 0 Å². The fraction of sp³-hybridized carbons (Fsp3) is 0.533. The first-order chi connectivity index (χ1) is 17.9. The lowest BCUT2D eigenvalue weighted by Crippen LogP contribution is -2.50. The molecule has 208 valence electrons. The number of nitrogens with zero attached hydrogens (tertiary/aromatic N) is 2. The summed E-state index contributed by atoms with van der Waals surface area (Å²) in [7, 11) is 1.78. The van der Waals surface area contributed by atoms with Gasteiger partial charge in [-0.3, -0.25) is 20.2 Å². The summed E-state index contributed by atoms with van der Waals surface area (Å²) >= 11 is 0. The van der Waals surface area contributed by atoms with Gasteiger partial charge in [-0.1, -0.05) is 30.3 Å². The molecule has 0 spiro atoms. The Morgan fingerprint density at radius 2 is 1.45 bits per heavy atom. The van der Waals surface area contributed by atoms with Crippen molar-refractivity contribution in [1.29, 1.82) is 0 Å². The molecule has 3 N–H and O–H groups in total. The van der Waals surface area contributed by atoms with Crippen LogP contribution in [0, 0.1) is 0 Å². The average molecular weight is 525 g/mol. The van der Waals surface area contributed by atoms with Crippen molar-refractivity contribution in [3.05, 3.63) is 59.2 Å². The van der Waals surface area contributed by atoms with Crippen molar-refractivity contribution in [2.75, 3.05) is 7.05 Å². The molecule has 2 aromatic carbocycles. The van der Waals surface area contributed by atoms with E-state index in [4.69, 9.17) is 15.2 Å².